The minimum atomic E-state index is -0.547. The molecule has 0 spiro atoms. The third kappa shape index (κ3) is 2.69. The molecular weight excluding hydrogens is 304 g/mol. The first-order valence-electron chi connectivity index (χ1n) is 7.68. The van der Waals surface area contributed by atoms with Gasteiger partial charge in [0.25, 0.3) is 11.8 Å². The molecule has 24 heavy (non-hydrogen) atoms. The second kappa shape index (κ2) is 5.60. The van der Waals surface area contributed by atoms with Gasteiger partial charge >= 0.3 is 0 Å². The second-order valence-corrected chi connectivity index (χ2v) is 6.75. The van der Waals surface area contributed by atoms with Gasteiger partial charge < -0.3 is 5.32 Å². The van der Waals surface area contributed by atoms with E-state index in [1.807, 2.05) is 26.8 Å². The Morgan fingerprint density at radius 3 is 2.17 bits per heavy atom. The molecule has 0 unspecified atom stereocenters. The van der Waals surface area contributed by atoms with Crippen LogP contribution in [0.15, 0.2) is 48.5 Å². The molecular formula is C19H18N2O3. The summed E-state index contributed by atoms with van der Waals surface area (Å²) in [5.74, 6) is -0.887. The van der Waals surface area contributed by atoms with Crippen LogP contribution in [0.4, 0.5) is 11.4 Å². The van der Waals surface area contributed by atoms with Crippen molar-refractivity contribution in [3.8, 4) is 0 Å². The first-order valence-corrected chi connectivity index (χ1v) is 7.68. The van der Waals surface area contributed by atoms with Gasteiger partial charge in [0, 0.05) is 11.1 Å². The summed E-state index contributed by atoms with van der Waals surface area (Å²) in [6.45, 7) is 5.42. The zero-order chi connectivity index (χ0) is 17.5. The molecule has 0 aliphatic carbocycles. The number of rotatable bonds is 2. The van der Waals surface area contributed by atoms with E-state index in [1.165, 1.54) is 0 Å². The van der Waals surface area contributed by atoms with Crippen LogP contribution < -0.4 is 10.2 Å². The highest BCUT2D eigenvalue weighted by molar-refractivity contribution is 6.34. The Bertz CT molecular complexity index is 835. The van der Waals surface area contributed by atoms with Crippen molar-refractivity contribution in [2.45, 2.75) is 20.8 Å². The molecule has 0 saturated carbocycles. The van der Waals surface area contributed by atoms with Crippen LogP contribution in [0.2, 0.25) is 0 Å². The van der Waals surface area contributed by atoms with Crippen molar-refractivity contribution in [1.82, 2.24) is 0 Å². The molecule has 1 aliphatic heterocycles. The van der Waals surface area contributed by atoms with Crippen molar-refractivity contribution < 1.29 is 14.4 Å². The molecule has 1 heterocycles. The van der Waals surface area contributed by atoms with E-state index in [0.717, 1.165) is 4.90 Å². The lowest BCUT2D eigenvalue weighted by atomic mass is 9.95. The minimum absolute atomic E-state index is 0.154. The van der Waals surface area contributed by atoms with E-state index < -0.39 is 5.41 Å². The second-order valence-electron chi connectivity index (χ2n) is 6.75. The van der Waals surface area contributed by atoms with E-state index in [2.05, 4.69) is 5.32 Å². The smallest absolute Gasteiger partial charge is 0.266 e. The molecule has 0 saturated heterocycles. The van der Waals surface area contributed by atoms with Crippen LogP contribution in [-0.4, -0.2) is 17.7 Å². The summed E-state index contributed by atoms with van der Waals surface area (Å²) in [5, 5.41) is 2.78. The third-order valence-corrected chi connectivity index (χ3v) is 3.84. The summed E-state index contributed by atoms with van der Waals surface area (Å²) in [6.07, 6.45) is 0. The average molecular weight is 322 g/mol. The molecule has 5 heteroatoms. The van der Waals surface area contributed by atoms with Crippen LogP contribution in [0.25, 0.3) is 0 Å². The molecule has 3 rings (SSSR count). The number of imide groups is 1. The first-order chi connectivity index (χ1) is 11.3. The number of fused-ring (bicyclic) bond motifs is 1. The zero-order valence-electron chi connectivity index (χ0n) is 13.8. The van der Waals surface area contributed by atoms with Crippen LogP contribution >= 0.6 is 0 Å². The van der Waals surface area contributed by atoms with Crippen molar-refractivity contribution in [2.24, 2.45) is 5.41 Å². The molecule has 3 amide bonds. The van der Waals surface area contributed by atoms with E-state index in [9.17, 15) is 14.4 Å². The standard InChI is InChI=1S/C19H18N2O3/c1-19(2,3)18(24)20-12-9-10-14-15(11-12)17(23)21(16(14)22)13-7-5-4-6-8-13/h4-11H,1-3H3,(H,20,24). The molecule has 1 aliphatic rings. The van der Waals surface area contributed by atoms with E-state index >= 15 is 0 Å². The maximum Gasteiger partial charge on any atom is 0.266 e. The van der Waals surface area contributed by atoms with Crippen LogP contribution in [-0.2, 0) is 4.79 Å². The summed E-state index contributed by atoms with van der Waals surface area (Å²) in [4.78, 5) is 38.4. The first kappa shape index (κ1) is 15.9. The fraction of sp³-hybridized carbons (Fsp3) is 0.211. The Morgan fingerprint density at radius 1 is 0.917 bits per heavy atom. The molecule has 2 aromatic rings. The van der Waals surface area contributed by atoms with Gasteiger partial charge in [0.2, 0.25) is 5.91 Å². The Kier molecular flexibility index (Phi) is 3.72. The van der Waals surface area contributed by atoms with Crippen LogP contribution in [0, 0.1) is 5.41 Å². The monoisotopic (exact) mass is 322 g/mol. The number of hydrogen-bond donors (Lipinski definition) is 1. The third-order valence-electron chi connectivity index (χ3n) is 3.84. The highest BCUT2D eigenvalue weighted by Crippen LogP contribution is 2.30. The Balaban J connectivity index is 1.94. The number of hydrogen-bond acceptors (Lipinski definition) is 3. The average Bonchev–Trinajstić information content (AvgIpc) is 2.78. The van der Waals surface area contributed by atoms with Crippen molar-refractivity contribution in [1.29, 1.82) is 0 Å². The van der Waals surface area contributed by atoms with Gasteiger partial charge in [0.1, 0.15) is 0 Å². The van der Waals surface area contributed by atoms with Gasteiger partial charge in [-0.1, -0.05) is 39.0 Å². The van der Waals surface area contributed by atoms with Gasteiger partial charge in [-0.25, -0.2) is 4.90 Å². The largest absolute Gasteiger partial charge is 0.326 e. The molecule has 122 valence electrons. The summed E-state index contributed by atoms with van der Waals surface area (Å²) in [7, 11) is 0. The fourth-order valence-corrected chi connectivity index (χ4v) is 2.45. The SMILES string of the molecule is CC(C)(C)C(=O)Nc1ccc2c(c1)C(=O)N(c1ccccc1)C2=O. The number of carbonyl (C=O) groups excluding carboxylic acids is 3. The molecule has 0 atom stereocenters. The minimum Gasteiger partial charge on any atom is -0.326 e. The van der Waals surface area contributed by atoms with Gasteiger partial charge in [0.05, 0.1) is 16.8 Å². The molecule has 0 fully saturated rings. The number of benzene rings is 2. The number of anilines is 2. The predicted molar refractivity (Wildman–Crippen MR) is 92.1 cm³/mol. The van der Waals surface area contributed by atoms with E-state index in [-0.39, 0.29) is 17.7 Å². The fourth-order valence-electron chi connectivity index (χ4n) is 2.45. The number of amides is 3. The van der Waals surface area contributed by atoms with Gasteiger partial charge in [-0.05, 0) is 30.3 Å². The van der Waals surface area contributed by atoms with E-state index in [0.29, 0.717) is 22.5 Å². The van der Waals surface area contributed by atoms with Crippen molar-refractivity contribution >= 4 is 29.1 Å². The highest BCUT2D eigenvalue weighted by atomic mass is 16.2. The number of nitrogens with zero attached hydrogens (tertiary/aromatic N) is 1. The maximum absolute atomic E-state index is 12.6. The summed E-state index contributed by atoms with van der Waals surface area (Å²) in [5.41, 5.74) is 1.14. The number of para-hydroxylation sites is 1. The number of carbonyl (C=O) groups is 3. The van der Waals surface area contributed by atoms with Gasteiger partial charge in [-0.15, -0.1) is 0 Å². The Morgan fingerprint density at radius 2 is 1.54 bits per heavy atom. The number of nitrogens with one attached hydrogen (secondary N) is 1. The molecule has 2 aromatic carbocycles. The van der Waals surface area contributed by atoms with Crippen molar-refractivity contribution in [2.75, 3.05) is 10.2 Å². The molecule has 0 bridgehead atoms. The van der Waals surface area contributed by atoms with Crippen molar-refractivity contribution in [3.63, 3.8) is 0 Å². The lowest BCUT2D eigenvalue weighted by molar-refractivity contribution is -0.123. The van der Waals surface area contributed by atoms with E-state index in [1.54, 1.807) is 42.5 Å². The molecule has 0 radical (unpaired) electrons. The topological polar surface area (TPSA) is 66.5 Å². The van der Waals surface area contributed by atoms with Gasteiger partial charge in [-0.3, -0.25) is 14.4 Å². The van der Waals surface area contributed by atoms with E-state index in [4.69, 9.17) is 0 Å². The lowest BCUT2D eigenvalue weighted by Crippen LogP contribution is -2.29. The Labute approximate surface area is 140 Å². The normalized spacial score (nSPS) is 13.9. The van der Waals surface area contributed by atoms with Crippen LogP contribution in [0.5, 0.6) is 0 Å². The van der Waals surface area contributed by atoms with Gasteiger partial charge in [-0.2, -0.15) is 0 Å². The summed E-state index contributed by atoms with van der Waals surface area (Å²) < 4.78 is 0. The predicted octanol–water partition coefficient (Wildman–Crippen LogP) is 3.47. The molecule has 1 N–H and O–H groups in total. The lowest BCUT2D eigenvalue weighted by Gasteiger charge is -2.17. The zero-order valence-corrected chi connectivity index (χ0v) is 13.8. The molecule has 0 aromatic heterocycles. The molecule has 5 nitrogen and oxygen atoms in total. The van der Waals surface area contributed by atoms with Gasteiger partial charge in [0.15, 0.2) is 0 Å². The quantitative estimate of drug-likeness (QED) is 0.861. The Hall–Kier alpha value is -2.95. The highest BCUT2D eigenvalue weighted by Gasteiger charge is 2.36. The van der Waals surface area contributed by atoms with Crippen LogP contribution in [0.3, 0.4) is 0 Å². The van der Waals surface area contributed by atoms with Crippen LogP contribution in [0.1, 0.15) is 41.5 Å². The maximum atomic E-state index is 12.6. The summed E-state index contributed by atoms with van der Waals surface area (Å²) >= 11 is 0. The van der Waals surface area contributed by atoms with Crippen molar-refractivity contribution in [3.05, 3.63) is 59.7 Å². The summed E-state index contributed by atoms with van der Waals surface area (Å²) in [6, 6.07) is 13.6.